The lowest BCUT2D eigenvalue weighted by atomic mass is 10.1. The molecule has 4 rings (SSSR count). The topological polar surface area (TPSA) is 20.3 Å². The molecule has 1 aromatic rings. The van der Waals surface area contributed by atoms with Crippen LogP contribution >= 0.6 is 0 Å². The zero-order chi connectivity index (χ0) is 16.9. The van der Waals surface area contributed by atoms with E-state index in [1.165, 1.54) is 25.0 Å². The van der Waals surface area contributed by atoms with Gasteiger partial charge in [-0.15, -0.1) is 0 Å². The molecule has 130 valence electrons. The lowest BCUT2D eigenvalue weighted by molar-refractivity contribution is -0.138. The summed E-state index contributed by atoms with van der Waals surface area (Å²) in [7, 11) is 0. The molecule has 3 aliphatic carbocycles. The van der Waals surface area contributed by atoms with Crippen molar-refractivity contribution >= 4 is 5.91 Å². The third-order valence-electron chi connectivity index (χ3n) is 5.69. The highest BCUT2D eigenvalue weighted by Gasteiger charge is 2.50. The molecule has 0 aromatic heterocycles. The molecule has 2 unspecified atom stereocenters. The zero-order valence-corrected chi connectivity index (χ0v) is 13.6. The lowest BCUT2D eigenvalue weighted by Crippen LogP contribution is -2.41. The zero-order valence-electron chi connectivity index (χ0n) is 13.6. The molecular formula is C19H22F3NO. The van der Waals surface area contributed by atoms with Crippen LogP contribution < -0.4 is 0 Å². The summed E-state index contributed by atoms with van der Waals surface area (Å²) in [5.74, 6) is 0.319. The van der Waals surface area contributed by atoms with Crippen LogP contribution in [0, 0.1) is 5.92 Å². The van der Waals surface area contributed by atoms with Gasteiger partial charge in [-0.25, -0.2) is 0 Å². The molecule has 2 atom stereocenters. The standard InChI is InChI=1S/C19H22F3NO/c20-19(21,22)13-7-5-12(6-8-13)16-11-17(16)18(24)23(15-9-10-15)14-3-1-2-4-14/h5-8,14-17H,1-4,9-11H2. The van der Waals surface area contributed by atoms with Crippen molar-refractivity contribution in [2.45, 2.75) is 69.1 Å². The van der Waals surface area contributed by atoms with E-state index in [4.69, 9.17) is 0 Å². The minimum Gasteiger partial charge on any atom is -0.336 e. The highest BCUT2D eigenvalue weighted by Crippen LogP contribution is 2.50. The quantitative estimate of drug-likeness (QED) is 0.777. The maximum atomic E-state index is 12.9. The molecule has 0 N–H and O–H groups in total. The van der Waals surface area contributed by atoms with Gasteiger partial charge in [-0.05, 0) is 55.7 Å². The number of hydrogen-bond donors (Lipinski definition) is 0. The Morgan fingerprint density at radius 1 is 0.958 bits per heavy atom. The first kappa shape index (κ1) is 16.0. The van der Waals surface area contributed by atoms with Gasteiger partial charge in [0.1, 0.15) is 0 Å². The summed E-state index contributed by atoms with van der Waals surface area (Å²) in [6.07, 6.45) is 3.32. The van der Waals surface area contributed by atoms with Crippen LogP contribution in [0.1, 0.15) is 62.0 Å². The molecular weight excluding hydrogens is 315 g/mol. The molecule has 24 heavy (non-hydrogen) atoms. The summed E-state index contributed by atoms with van der Waals surface area (Å²) in [4.78, 5) is 15.1. The molecule has 3 saturated carbocycles. The minimum atomic E-state index is -4.30. The normalized spacial score (nSPS) is 27.3. The smallest absolute Gasteiger partial charge is 0.336 e. The number of carbonyl (C=O) groups is 1. The Bertz CT molecular complexity index is 614. The first-order chi connectivity index (χ1) is 11.4. The molecule has 0 radical (unpaired) electrons. The lowest BCUT2D eigenvalue weighted by Gasteiger charge is -2.29. The van der Waals surface area contributed by atoms with E-state index in [1.807, 2.05) is 0 Å². The van der Waals surface area contributed by atoms with Crippen molar-refractivity contribution in [2.24, 2.45) is 5.92 Å². The Morgan fingerprint density at radius 3 is 2.08 bits per heavy atom. The second kappa shape index (κ2) is 5.78. The van der Waals surface area contributed by atoms with Gasteiger partial charge >= 0.3 is 6.18 Å². The predicted molar refractivity (Wildman–Crippen MR) is 84.4 cm³/mol. The number of hydrogen-bond acceptors (Lipinski definition) is 1. The second-order valence-corrected chi connectivity index (χ2v) is 7.48. The summed E-state index contributed by atoms with van der Waals surface area (Å²) in [5, 5.41) is 0. The Labute approximate surface area is 140 Å². The molecule has 1 amide bonds. The summed E-state index contributed by atoms with van der Waals surface area (Å²) < 4.78 is 38.0. The van der Waals surface area contributed by atoms with Crippen molar-refractivity contribution in [3.63, 3.8) is 0 Å². The number of carbonyl (C=O) groups excluding carboxylic acids is 1. The van der Waals surface area contributed by atoms with Gasteiger partial charge in [0.05, 0.1) is 5.56 Å². The van der Waals surface area contributed by atoms with Gasteiger partial charge in [0.25, 0.3) is 0 Å². The predicted octanol–water partition coefficient (Wildman–Crippen LogP) is 4.74. The van der Waals surface area contributed by atoms with Crippen LogP contribution in [0.3, 0.4) is 0 Å². The Balaban J connectivity index is 1.44. The van der Waals surface area contributed by atoms with Crippen LogP contribution in [0.4, 0.5) is 13.2 Å². The summed E-state index contributed by atoms with van der Waals surface area (Å²) in [5.41, 5.74) is 0.240. The molecule has 0 aliphatic heterocycles. The van der Waals surface area contributed by atoms with E-state index in [0.29, 0.717) is 12.1 Å². The Kier molecular flexibility index (Phi) is 3.85. The van der Waals surface area contributed by atoms with Gasteiger partial charge in [0.15, 0.2) is 0 Å². The van der Waals surface area contributed by atoms with Crippen molar-refractivity contribution in [3.05, 3.63) is 35.4 Å². The summed E-state index contributed by atoms with van der Waals surface area (Å²) in [6, 6.07) is 6.17. The van der Waals surface area contributed by atoms with Crippen molar-refractivity contribution in [3.8, 4) is 0 Å². The fourth-order valence-electron chi connectivity index (χ4n) is 4.14. The van der Waals surface area contributed by atoms with Crippen molar-refractivity contribution < 1.29 is 18.0 Å². The van der Waals surface area contributed by atoms with Crippen molar-refractivity contribution in [1.82, 2.24) is 4.90 Å². The monoisotopic (exact) mass is 337 g/mol. The van der Waals surface area contributed by atoms with Gasteiger partial charge in [0, 0.05) is 18.0 Å². The molecule has 1 aromatic carbocycles. The van der Waals surface area contributed by atoms with Crippen LogP contribution in [0.15, 0.2) is 24.3 Å². The van der Waals surface area contributed by atoms with Crippen LogP contribution in [0.2, 0.25) is 0 Å². The fourth-order valence-corrected chi connectivity index (χ4v) is 4.14. The van der Waals surface area contributed by atoms with Crippen LogP contribution in [-0.4, -0.2) is 22.9 Å². The number of alkyl halides is 3. The molecule has 3 aliphatic rings. The molecule has 5 heteroatoms. The first-order valence-corrected chi connectivity index (χ1v) is 8.94. The highest BCUT2D eigenvalue weighted by atomic mass is 19.4. The van der Waals surface area contributed by atoms with Gasteiger partial charge in [0.2, 0.25) is 5.91 Å². The number of rotatable bonds is 4. The van der Waals surface area contributed by atoms with E-state index < -0.39 is 11.7 Å². The van der Waals surface area contributed by atoms with Gasteiger partial charge in [-0.2, -0.15) is 13.2 Å². The van der Waals surface area contributed by atoms with E-state index in [1.54, 1.807) is 0 Å². The second-order valence-electron chi connectivity index (χ2n) is 7.48. The van der Waals surface area contributed by atoms with Crippen molar-refractivity contribution in [1.29, 1.82) is 0 Å². The van der Waals surface area contributed by atoms with E-state index in [-0.39, 0.29) is 17.7 Å². The number of nitrogens with zero attached hydrogens (tertiary/aromatic N) is 1. The Hall–Kier alpha value is -1.52. The molecule has 3 fully saturated rings. The van der Waals surface area contributed by atoms with Crippen LogP contribution in [0.5, 0.6) is 0 Å². The highest BCUT2D eigenvalue weighted by molar-refractivity contribution is 5.84. The van der Waals surface area contributed by atoms with E-state index >= 15 is 0 Å². The van der Waals surface area contributed by atoms with E-state index in [9.17, 15) is 18.0 Å². The first-order valence-electron chi connectivity index (χ1n) is 8.94. The van der Waals surface area contributed by atoms with Gasteiger partial charge in [-0.1, -0.05) is 25.0 Å². The van der Waals surface area contributed by atoms with E-state index in [0.717, 1.165) is 49.8 Å². The maximum absolute atomic E-state index is 12.9. The largest absolute Gasteiger partial charge is 0.416 e. The maximum Gasteiger partial charge on any atom is 0.416 e. The average molecular weight is 337 g/mol. The SMILES string of the molecule is O=C(C1CC1c1ccc(C(F)(F)F)cc1)N(C1CCCC1)C1CC1. The number of halogens is 3. The molecule has 0 heterocycles. The fraction of sp³-hybridized carbons (Fsp3) is 0.632. The number of benzene rings is 1. The Morgan fingerprint density at radius 2 is 1.54 bits per heavy atom. The van der Waals surface area contributed by atoms with Gasteiger partial charge < -0.3 is 4.90 Å². The van der Waals surface area contributed by atoms with Crippen LogP contribution in [0.25, 0.3) is 0 Å². The molecule has 0 bridgehead atoms. The summed E-state index contributed by atoms with van der Waals surface area (Å²) >= 11 is 0. The third kappa shape index (κ3) is 3.05. The van der Waals surface area contributed by atoms with Gasteiger partial charge in [-0.3, -0.25) is 4.79 Å². The molecule has 0 saturated heterocycles. The van der Waals surface area contributed by atoms with Crippen molar-refractivity contribution in [2.75, 3.05) is 0 Å². The van der Waals surface area contributed by atoms with E-state index in [2.05, 4.69) is 4.90 Å². The molecule has 0 spiro atoms. The van der Waals surface area contributed by atoms with Crippen LogP contribution in [-0.2, 0) is 11.0 Å². The number of amides is 1. The molecule has 2 nitrogen and oxygen atoms in total. The summed E-state index contributed by atoms with van der Waals surface area (Å²) in [6.45, 7) is 0. The third-order valence-corrected chi connectivity index (χ3v) is 5.69. The average Bonchev–Trinajstić information content (AvgIpc) is 3.45. The minimum absolute atomic E-state index is 0.0251.